The highest BCUT2D eigenvalue weighted by Gasteiger charge is 2.41. The molecule has 0 bridgehead atoms. The van der Waals surface area contributed by atoms with Gasteiger partial charge in [-0.15, -0.1) is 0 Å². The fourth-order valence-corrected chi connectivity index (χ4v) is 2.79. The molecule has 0 saturated heterocycles. The molecule has 5 unspecified atom stereocenters. The second-order valence-electron chi connectivity index (χ2n) is 4.84. The Balaban J connectivity index is 2.63. The van der Waals surface area contributed by atoms with Crippen LogP contribution in [-0.4, -0.2) is 32.0 Å². The highest BCUT2D eigenvalue weighted by molar-refractivity contribution is 4.93. The summed E-state index contributed by atoms with van der Waals surface area (Å²) >= 11 is 0. The Labute approximate surface area is 97.0 Å². The highest BCUT2D eigenvalue weighted by atomic mass is 19.2. The van der Waals surface area contributed by atoms with E-state index in [-0.39, 0.29) is 24.3 Å². The van der Waals surface area contributed by atoms with Crippen LogP contribution in [-0.2, 0) is 0 Å². The van der Waals surface area contributed by atoms with Gasteiger partial charge in [0.15, 0.2) is 0 Å². The number of nitrogens with two attached hydrogens (primary N) is 1. The summed E-state index contributed by atoms with van der Waals surface area (Å²) in [5.74, 6) is -0.113. The van der Waals surface area contributed by atoms with Crippen molar-refractivity contribution in [3.8, 4) is 0 Å². The summed E-state index contributed by atoms with van der Waals surface area (Å²) in [6, 6.07) is -0.177. The summed E-state index contributed by atoms with van der Waals surface area (Å²) in [6.45, 7) is 2.87. The summed E-state index contributed by atoms with van der Waals surface area (Å²) in [7, 11) is 1.87. The number of rotatable bonds is 5. The molecule has 0 aromatic carbocycles. The zero-order valence-electron chi connectivity index (χ0n) is 10.3. The standard InChI is InChI=1S/C12H24F2N2/c1-3-8(6-7-16-2)11-10(15)5-4-9(13)12(11)14/h8-12,16H,3-7,15H2,1-2H3. The number of nitrogens with one attached hydrogen (secondary N) is 1. The lowest BCUT2D eigenvalue weighted by atomic mass is 9.72. The summed E-state index contributed by atoms with van der Waals surface area (Å²) in [4.78, 5) is 0. The fraction of sp³-hybridized carbons (Fsp3) is 1.00. The van der Waals surface area contributed by atoms with E-state index in [9.17, 15) is 8.78 Å². The van der Waals surface area contributed by atoms with E-state index in [1.54, 1.807) is 0 Å². The van der Waals surface area contributed by atoms with Crippen LogP contribution in [0.4, 0.5) is 8.78 Å². The van der Waals surface area contributed by atoms with Crippen molar-refractivity contribution in [2.24, 2.45) is 17.6 Å². The molecule has 0 spiro atoms. The van der Waals surface area contributed by atoms with Crippen molar-refractivity contribution in [2.75, 3.05) is 13.6 Å². The first-order valence-corrected chi connectivity index (χ1v) is 6.30. The molecule has 3 N–H and O–H groups in total. The summed E-state index contributed by atoms with van der Waals surface area (Å²) in [5, 5.41) is 3.06. The average molecular weight is 234 g/mol. The lowest BCUT2D eigenvalue weighted by Gasteiger charge is -2.39. The first-order valence-electron chi connectivity index (χ1n) is 6.30. The van der Waals surface area contributed by atoms with Crippen molar-refractivity contribution >= 4 is 0 Å². The topological polar surface area (TPSA) is 38.0 Å². The SMILES string of the molecule is CCC(CCNC)C1C(N)CCC(F)C1F. The molecule has 1 aliphatic rings. The van der Waals surface area contributed by atoms with E-state index in [1.807, 2.05) is 14.0 Å². The Bertz CT molecular complexity index is 201. The van der Waals surface area contributed by atoms with Crippen molar-refractivity contribution in [3.63, 3.8) is 0 Å². The van der Waals surface area contributed by atoms with Gasteiger partial charge in [0.2, 0.25) is 0 Å². The van der Waals surface area contributed by atoms with Gasteiger partial charge in [-0.05, 0) is 38.8 Å². The van der Waals surface area contributed by atoms with Crippen molar-refractivity contribution in [1.82, 2.24) is 5.32 Å². The van der Waals surface area contributed by atoms with Gasteiger partial charge in [0.05, 0.1) is 0 Å². The monoisotopic (exact) mass is 234 g/mol. The first-order chi connectivity index (χ1) is 7.61. The molecular weight excluding hydrogens is 210 g/mol. The van der Waals surface area contributed by atoms with Crippen LogP contribution in [0.2, 0.25) is 0 Å². The van der Waals surface area contributed by atoms with Gasteiger partial charge < -0.3 is 11.1 Å². The molecule has 4 heteroatoms. The van der Waals surface area contributed by atoms with Gasteiger partial charge in [-0.3, -0.25) is 0 Å². The average Bonchev–Trinajstić information content (AvgIpc) is 2.28. The van der Waals surface area contributed by atoms with Gasteiger partial charge in [0.1, 0.15) is 12.3 Å². The molecule has 0 aromatic heterocycles. The van der Waals surface area contributed by atoms with Crippen molar-refractivity contribution in [3.05, 3.63) is 0 Å². The maximum Gasteiger partial charge on any atom is 0.136 e. The molecule has 1 saturated carbocycles. The maximum atomic E-state index is 13.9. The van der Waals surface area contributed by atoms with Gasteiger partial charge in [0.25, 0.3) is 0 Å². The molecule has 1 rings (SSSR count). The Morgan fingerprint density at radius 3 is 2.62 bits per heavy atom. The predicted molar refractivity (Wildman–Crippen MR) is 62.8 cm³/mol. The number of hydrogen-bond acceptors (Lipinski definition) is 2. The van der Waals surface area contributed by atoms with Gasteiger partial charge >= 0.3 is 0 Å². The Morgan fingerprint density at radius 2 is 2.06 bits per heavy atom. The molecule has 0 aromatic rings. The molecule has 96 valence electrons. The van der Waals surface area contributed by atoms with Crippen LogP contribution in [0.5, 0.6) is 0 Å². The van der Waals surface area contributed by atoms with E-state index >= 15 is 0 Å². The van der Waals surface area contributed by atoms with E-state index < -0.39 is 12.3 Å². The summed E-state index contributed by atoms with van der Waals surface area (Å²) in [5.41, 5.74) is 5.95. The van der Waals surface area contributed by atoms with E-state index in [0.29, 0.717) is 6.42 Å². The number of alkyl halides is 2. The molecule has 0 aliphatic heterocycles. The Kier molecular flexibility index (Phi) is 5.62. The van der Waals surface area contributed by atoms with Gasteiger partial charge in [-0.25, -0.2) is 8.78 Å². The van der Waals surface area contributed by atoms with E-state index in [1.165, 1.54) is 0 Å². The lowest BCUT2D eigenvalue weighted by Crippen LogP contribution is -2.49. The zero-order valence-corrected chi connectivity index (χ0v) is 10.3. The lowest BCUT2D eigenvalue weighted by molar-refractivity contribution is 0.0200. The van der Waals surface area contributed by atoms with Crippen LogP contribution in [0.3, 0.4) is 0 Å². The normalized spacial score (nSPS) is 37.3. The number of halogens is 2. The molecule has 2 nitrogen and oxygen atoms in total. The third-order valence-electron chi connectivity index (χ3n) is 3.82. The Morgan fingerprint density at radius 1 is 1.38 bits per heavy atom. The number of hydrogen-bond donors (Lipinski definition) is 2. The second kappa shape index (κ2) is 6.50. The molecular formula is C12H24F2N2. The molecule has 0 radical (unpaired) electrons. The third-order valence-corrected chi connectivity index (χ3v) is 3.82. The van der Waals surface area contributed by atoms with Crippen LogP contribution in [0.15, 0.2) is 0 Å². The van der Waals surface area contributed by atoms with E-state index in [2.05, 4.69) is 5.32 Å². The third kappa shape index (κ3) is 3.14. The van der Waals surface area contributed by atoms with E-state index in [0.717, 1.165) is 19.4 Å². The first kappa shape index (κ1) is 13.8. The van der Waals surface area contributed by atoms with E-state index in [4.69, 9.17) is 5.73 Å². The highest BCUT2D eigenvalue weighted by Crippen LogP contribution is 2.36. The maximum absolute atomic E-state index is 13.9. The van der Waals surface area contributed by atoms with Crippen LogP contribution in [0, 0.1) is 11.8 Å². The van der Waals surface area contributed by atoms with Crippen molar-refractivity contribution in [1.29, 1.82) is 0 Å². The molecule has 16 heavy (non-hydrogen) atoms. The summed E-state index contributed by atoms with van der Waals surface area (Å²) in [6.07, 6.45) is -0.0473. The van der Waals surface area contributed by atoms with Crippen LogP contribution < -0.4 is 11.1 Å². The molecule has 1 fully saturated rings. The minimum atomic E-state index is -1.37. The minimum Gasteiger partial charge on any atom is -0.327 e. The van der Waals surface area contributed by atoms with Gasteiger partial charge in [0, 0.05) is 12.0 Å². The van der Waals surface area contributed by atoms with Crippen molar-refractivity contribution < 1.29 is 8.78 Å². The molecule has 0 amide bonds. The summed E-state index contributed by atoms with van der Waals surface area (Å²) < 4.78 is 27.3. The molecule has 5 atom stereocenters. The second-order valence-corrected chi connectivity index (χ2v) is 4.84. The van der Waals surface area contributed by atoms with Crippen LogP contribution in [0.1, 0.15) is 32.6 Å². The van der Waals surface area contributed by atoms with Crippen LogP contribution in [0.25, 0.3) is 0 Å². The molecule has 1 aliphatic carbocycles. The van der Waals surface area contributed by atoms with Crippen molar-refractivity contribution in [2.45, 2.75) is 51.0 Å². The zero-order chi connectivity index (χ0) is 12.1. The Hall–Kier alpha value is -0.220. The quantitative estimate of drug-likeness (QED) is 0.764. The minimum absolute atomic E-state index is 0.177. The largest absolute Gasteiger partial charge is 0.327 e. The smallest absolute Gasteiger partial charge is 0.136 e. The van der Waals surface area contributed by atoms with Crippen LogP contribution >= 0.6 is 0 Å². The molecule has 0 heterocycles. The van der Waals surface area contributed by atoms with Gasteiger partial charge in [-0.2, -0.15) is 0 Å². The fourth-order valence-electron chi connectivity index (χ4n) is 2.79. The predicted octanol–water partition coefficient (Wildman–Crippen LogP) is 2.04. The van der Waals surface area contributed by atoms with Gasteiger partial charge in [-0.1, -0.05) is 13.3 Å².